The molecule has 1 N–H and O–H groups in total. The molecular formula is C23H30O3. The van der Waals surface area contributed by atoms with Gasteiger partial charge in [-0.1, -0.05) is 75.9 Å². The van der Waals surface area contributed by atoms with Crippen molar-refractivity contribution in [3.05, 3.63) is 53.6 Å². The summed E-state index contributed by atoms with van der Waals surface area (Å²) >= 11 is 0. The van der Waals surface area contributed by atoms with Crippen LogP contribution < -0.4 is 4.74 Å². The lowest BCUT2D eigenvalue weighted by Crippen LogP contribution is -2.07. The summed E-state index contributed by atoms with van der Waals surface area (Å²) in [5.41, 5.74) is 3.01. The molecule has 0 heterocycles. The van der Waals surface area contributed by atoms with Crippen molar-refractivity contribution in [3.8, 4) is 16.9 Å². The molecule has 3 nitrogen and oxygen atoms in total. The van der Waals surface area contributed by atoms with Crippen LogP contribution in [-0.4, -0.2) is 17.7 Å². The lowest BCUT2D eigenvalue weighted by Gasteiger charge is -2.18. The fraction of sp³-hybridized carbons (Fsp3) is 0.435. The predicted octanol–water partition coefficient (Wildman–Crippen LogP) is 6.35. The molecule has 26 heavy (non-hydrogen) atoms. The molecular weight excluding hydrogens is 324 g/mol. The van der Waals surface area contributed by atoms with Gasteiger partial charge in [-0.3, -0.25) is 0 Å². The van der Waals surface area contributed by atoms with Crippen LogP contribution in [0.1, 0.15) is 68.3 Å². The number of rotatable bonds is 11. The number of carbonyl (C=O) groups is 1. The van der Waals surface area contributed by atoms with Gasteiger partial charge in [-0.15, -0.1) is 0 Å². The smallest absolute Gasteiger partial charge is 0.336 e. The molecule has 0 saturated carbocycles. The van der Waals surface area contributed by atoms with E-state index in [0.717, 1.165) is 49.0 Å². The van der Waals surface area contributed by atoms with E-state index in [0.29, 0.717) is 17.7 Å². The van der Waals surface area contributed by atoms with Crippen molar-refractivity contribution < 1.29 is 14.6 Å². The number of hydrogen-bond donors (Lipinski definition) is 1. The number of benzene rings is 2. The quantitative estimate of drug-likeness (QED) is 0.478. The van der Waals surface area contributed by atoms with Crippen molar-refractivity contribution in [1.29, 1.82) is 0 Å². The van der Waals surface area contributed by atoms with E-state index in [4.69, 9.17) is 4.74 Å². The molecule has 0 bridgehead atoms. The maximum Gasteiger partial charge on any atom is 0.336 e. The fourth-order valence-corrected chi connectivity index (χ4v) is 3.13. The van der Waals surface area contributed by atoms with Gasteiger partial charge in [0, 0.05) is 5.56 Å². The average molecular weight is 354 g/mol. The van der Waals surface area contributed by atoms with Crippen LogP contribution in [0.25, 0.3) is 11.1 Å². The summed E-state index contributed by atoms with van der Waals surface area (Å²) in [6.07, 6.45) is 7.58. The molecule has 0 aliphatic carbocycles. The number of carboxylic acids is 1. The van der Waals surface area contributed by atoms with Gasteiger partial charge < -0.3 is 9.84 Å². The topological polar surface area (TPSA) is 46.5 Å². The largest absolute Gasteiger partial charge is 0.493 e. The Morgan fingerprint density at radius 1 is 0.923 bits per heavy atom. The molecule has 2 aromatic carbocycles. The van der Waals surface area contributed by atoms with E-state index in [2.05, 4.69) is 13.8 Å². The second-order valence-electron chi connectivity index (χ2n) is 6.66. The number of unbranched alkanes of at least 4 members (excludes halogenated alkanes) is 4. The molecule has 0 spiro atoms. The van der Waals surface area contributed by atoms with Crippen molar-refractivity contribution >= 4 is 5.97 Å². The van der Waals surface area contributed by atoms with Gasteiger partial charge in [-0.25, -0.2) is 4.79 Å². The molecule has 140 valence electrons. The van der Waals surface area contributed by atoms with Crippen LogP contribution >= 0.6 is 0 Å². The summed E-state index contributed by atoms with van der Waals surface area (Å²) in [5, 5.41) is 9.70. The van der Waals surface area contributed by atoms with Gasteiger partial charge >= 0.3 is 5.97 Å². The molecule has 0 atom stereocenters. The lowest BCUT2D eigenvalue weighted by molar-refractivity contribution is 0.0697. The van der Waals surface area contributed by atoms with E-state index in [1.54, 1.807) is 6.07 Å². The molecule has 0 amide bonds. The molecule has 0 radical (unpaired) electrons. The third-order valence-electron chi connectivity index (χ3n) is 4.58. The van der Waals surface area contributed by atoms with Crippen LogP contribution in [0, 0.1) is 0 Å². The van der Waals surface area contributed by atoms with Gasteiger partial charge in [0.15, 0.2) is 0 Å². The van der Waals surface area contributed by atoms with E-state index in [9.17, 15) is 9.90 Å². The minimum absolute atomic E-state index is 0.306. The predicted molar refractivity (Wildman–Crippen MR) is 107 cm³/mol. The van der Waals surface area contributed by atoms with Gasteiger partial charge in [0.05, 0.1) is 12.2 Å². The standard InChI is InChI=1S/C23H30O3/c1-3-5-7-11-17-26-22-19(12-6-4-2)15-16-20(23(24)25)21(22)18-13-9-8-10-14-18/h8-10,13-16H,3-7,11-12,17H2,1-2H3,(H,24,25). The van der Waals surface area contributed by atoms with E-state index in [1.807, 2.05) is 36.4 Å². The molecule has 3 heteroatoms. The van der Waals surface area contributed by atoms with Crippen LogP contribution in [0.15, 0.2) is 42.5 Å². The highest BCUT2D eigenvalue weighted by atomic mass is 16.5. The maximum absolute atomic E-state index is 11.8. The molecule has 0 unspecified atom stereocenters. The molecule has 0 aliphatic rings. The molecule has 0 aliphatic heterocycles. The van der Waals surface area contributed by atoms with Crippen molar-refractivity contribution in [2.24, 2.45) is 0 Å². The van der Waals surface area contributed by atoms with E-state index in [-0.39, 0.29) is 0 Å². The summed E-state index contributed by atoms with van der Waals surface area (Å²) in [6, 6.07) is 13.4. The normalized spacial score (nSPS) is 10.7. The minimum atomic E-state index is -0.915. The lowest BCUT2D eigenvalue weighted by atomic mass is 9.93. The number of carboxylic acid groups (broad SMARTS) is 1. The van der Waals surface area contributed by atoms with Crippen LogP contribution in [-0.2, 0) is 6.42 Å². The Morgan fingerprint density at radius 3 is 2.31 bits per heavy atom. The first-order valence-electron chi connectivity index (χ1n) is 9.76. The zero-order chi connectivity index (χ0) is 18.8. The van der Waals surface area contributed by atoms with Crippen LogP contribution in [0.4, 0.5) is 0 Å². The van der Waals surface area contributed by atoms with Crippen molar-refractivity contribution in [1.82, 2.24) is 0 Å². The Balaban J connectivity index is 2.43. The number of aryl methyl sites for hydroxylation is 1. The van der Waals surface area contributed by atoms with Crippen molar-refractivity contribution in [2.75, 3.05) is 6.61 Å². The van der Waals surface area contributed by atoms with Gasteiger partial charge in [-0.2, -0.15) is 0 Å². The third-order valence-corrected chi connectivity index (χ3v) is 4.58. The summed E-state index contributed by atoms with van der Waals surface area (Å²) in [5.74, 6) is -0.164. The highest BCUT2D eigenvalue weighted by molar-refractivity contribution is 5.98. The Morgan fingerprint density at radius 2 is 1.65 bits per heavy atom. The Bertz CT molecular complexity index is 692. The van der Waals surface area contributed by atoms with Gasteiger partial charge in [0.2, 0.25) is 0 Å². The van der Waals surface area contributed by atoms with Crippen LogP contribution in [0.5, 0.6) is 5.75 Å². The molecule has 0 saturated heterocycles. The molecule has 2 aromatic rings. The van der Waals surface area contributed by atoms with Crippen LogP contribution in [0.3, 0.4) is 0 Å². The summed E-state index contributed by atoms with van der Waals surface area (Å²) in [7, 11) is 0. The summed E-state index contributed by atoms with van der Waals surface area (Å²) < 4.78 is 6.19. The number of hydrogen-bond acceptors (Lipinski definition) is 2. The highest BCUT2D eigenvalue weighted by Gasteiger charge is 2.20. The monoisotopic (exact) mass is 354 g/mol. The minimum Gasteiger partial charge on any atom is -0.493 e. The highest BCUT2D eigenvalue weighted by Crippen LogP contribution is 2.37. The first-order chi connectivity index (χ1) is 12.7. The van der Waals surface area contributed by atoms with E-state index >= 15 is 0 Å². The first-order valence-corrected chi connectivity index (χ1v) is 9.76. The van der Waals surface area contributed by atoms with Crippen LogP contribution in [0.2, 0.25) is 0 Å². The zero-order valence-electron chi connectivity index (χ0n) is 16.0. The number of ether oxygens (including phenoxy) is 1. The molecule has 0 aromatic heterocycles. The second kappa shape index (κ2) is 10.6. The van der Waals surface area contributed by atoms with Gasteiger partial charge in [0.25, 0.3) is 0 Å². The third kappa shape index (κ3) is 5.35. The van der Waals surface area contributed by atoms with E-state index in [1.165, 1.54) is 12.8 Å². The summed E-state index contributed by atoms with van der Waals surface area (Å²) in [6.45, 7) is 4.98. The maximum atomic E-state index is 11.8. The van der Waals surface area contributed by atoms with Gasteiger partial charge in [-0.05, 0) is 36.5 Å². The van der Waals surface area contributed by atoms with Crippen molar-refractivity contribution in [3.63, 3.8) is 0 Å². The zero-order valence-corrected chi connectivity index (χ0v) is 16.0. The fourth-order valence-electron chi connectivity index (χ4n) is 3.13. The average Bonchev–Trinajstić information content (AvgIpc) is 2.66. The Labute approximate surface area is 157 Å². The summed E-state index contributed by atoms with van der Waals surface area (Å²) in [4.78, 5) is 11.8. The Kier molecular flexibility index (Phi) is 8.20. The van der Waals surface area contributed by atoms with Gasteiger partial charge in [0.1, 0.15) is 5.75 Å². The van der Waals surface area contributed by atoms with Crippen molar-refractivity contribution in [2.45, 2.75) is 58.8 Å². The first kappa shape index (κ1) is 20.0. The molecule has 0 fully saturated rings. The number of aromatic carboxylic acids is 1. The Hall–Kier alpha value is -2.29. The molecule has 2 rings (SSSR count). The second-order valence-corrected chi connectivity index (χ2v) is 6.66. The van der Waals surface area contributed by atoms with E-state index < -0.39 is 5.97 Å². The SMILES string of the molecule is CCCCCCOc1c(CCCC)ccc(C(=O)O)c1-c1ccccc1.